The van der Waals surface area contributed by atoms with Crippen LogP contribution in [0.15, 0.2) is 40.9 Å². The number of hydrogen-bond acceptors (Lipinski definition) is 2. The fourth-order valence-corrected chi connectivity index (χ4v) is 4.42. The molecule has 0 aliphatic heterocycles. The summed E-state index contributed by atoms with van der Waals surface area (Å²) in [5, 5.41) is 0. The molecule has 0 saturated heterocycles. The predicted octanol–water partition coefficient (Wildman–Crippen LogP) is 5.81. The SMILES string of the molecule is CC(C)(C)OC1(SC2=[C-]CC=C2)CC=CC=C1C(C)(C)C.[Ti]. The molecular weight excluding hydrogens is 324 g/mol. The van der Waals surface area contributed by atoms with Gasteiger partial charge in [-0.3, -0.25) is 6.08 Å². The molecule has 0 N–H and O–H groups in total. The van der Waals surface area contributed by atoms with E-state index in [1.165, 1.54) is 10.5 Å². The quantitative estimate of drug-likeness (QED) is 0.361. The zero-order valence-corrected chi connectivity index (χ0v) is 17.0. The summed E-state index contributed by atoms with van der Waals surface area (Å²) < 4.78 is 6.62. The Bertz CT molecular complexity index is 515. The van der Waals surface area contributed by atoms with Crippen molar-refractivity contribution < 1.29 is 26.5 Å². The molecule has 0 aromatic carbocycles. The zero-order valence-electron chi connectivity index (χ0n) is 14.6. The third kappa shape index (κ3) is 4.99. The molecule has 0 radical (unpaired) electrons. The molecule has 120 valence electrons. The minimum Gasteiger partial charge on any atom is -0.354 e. The van der Waals surface area contributed by atoms with Gasteiger partial charge in [0.25, 0.3) is 0 Å². The largest absolute Gasteiger partial charge is 0.354 e. The Morgan fingerprint density at radius 3 is 2.32 bits per heavy atom. The van der Waals surface area contributed by atoms with Gasteiger partial charge in [0.1, 0.15) is 4.93 Å². The van der Waals surface area contributed by atoms with Crippen molar-refractivity contribution in [3.8, 4) is 0 Å². The van der Waals surface area contributed by atoms with E-state index >= 15 is 0 Å². The minimum atomic E-state index is -0.331. The predicted molar refractivity (Wildman–Crippen MR) is 93.0 cm³/mol. The van der Waals surface area contributed by atoms with E-state index in [-0.39, 0.29) is 37.7 Å². The summed E-state index contributed by atoms with van der Waals surface area (Å²) >= 11 is 1.81. The Kier molecular flexibility index (Phi) is 6.61. The van der Waals surface area contributed by atoms with Crippen molar-refractivity contribution in [3.05, 3.63) is 46.9 Å². The molecule has 3 heteroatoms. The van der Waals surface area contributed by atoms with Gasteiger partial charge in [-0.1, -0.05) is 39.0 Å². The van der Waals surface area contributed by atoms with E-state index in [2.05, 4.69) is 78.0 Å². The second-order valence-corrected chi connectivity index (χ2v) is 8.98. The molecule has 0 bridgehead atoms. The van der Waals surface area contributed by atoms with Crippen molar-refractivity contribution in [1.29, 1.82) is 0 Å². The van der Waals surface area contributed by atoms with E-state index in [1.807, 2.05) is 11.8 Å². The first-order valence-corrected chi connectivity index (χ1v) is 8.48. The fraction of sp³-hybridized carbons (Fsp3) is 0.579. The molecule has 0 amide bonds. The van der Waals surface area contributed by atoms with Crippen molar-refractivity contribution in [1.82, 2.24) is 0 Å². The van der Waals surface area contributed by atoms with Gasteiger partial charge in [0.2, 0.25) is 0 Å². The minimum absolute atomic E-state index is 0. The van der Waals surface area contributed by atoms with E-state index < -0.39 is 0 Å². The van der Waals surface area contributed by atoms with Crippen LogP contribution in [-0.4, -0.2) is 10.5 Å². The van der Waals surface area contributed by atoms with Crippen molar-refractivity contribution >= 4 is 11.8 Å². The molecule has 0 spiro atoms. The third-order valence-electron chi connectivity index (χ3n) is 3.41. The second kappa shape index (κ2) is 7.26. The molecule has 0 aromatic heterocycles. The molecule has 0 aromatic rings. The van der Waals surface area contributed by atoms with Gasteiger partial charge in [-0.15, -0.1) is 18.2 Å². The monoisotopic (exact) mass is 351 g/mol. The number of allylic oxidation sites excluding steroid dienone is 5. The number of ether oxygens (including phenoxy) is 1. The van der Waals surface area contributed by atoms with Gasteiger partial charge < -0.3 is 4.74 Å². The molecule has 0 heterocycles. The van der Waals surface area contributed by atoms with E-state index in [9.17, 15) is 0 Å². The van der Waals surface area contributed by atoms with Gasteiger partial charge in [-0.25, -0.2) is 6.08 Å². The standard InChI is InChI=1S/C19H27OS.Ti/c1-17(2,3)16-13-9-10-14-19(16,20-18(4,5)6)21-15-11-7-8-12-15;/h7,9-11,13H,8,14H2,1-6H3;/q-1;. The Balaban J connectivity index is 0.00000242. The molecule has 0 fully saturated rings. The average molecular weight is 351 g/mol. The van der Waals surface area contributed by atoms with E-state index in [1.54, 1.807) is 0 Å². The van der Waals surface area contributed by atoms with E-state index in [0.29, 0.717) is 0 Å². The number of rotatable bonds is 3. The van der Waals surface area contributed by atoms with Crippen LogP contribution in [0.5, 0.6) is 0 Å². The van der Waals surface area contributed by atoms with E-state index in [4.69, 9.17) is 4.74 Å². The molecule has 2 rings (SSSR count). The van der Waals surface area contributed by atoms with Crippen LogP contribution in [0.2, 0.25) is 0 Å². The van der Waals surface area contributed by atoms with Gasteiger partial charge in [0.15, 0.2) is 0 Å². The van der Waals surface area contributed by atoms with Crippen molar-refractivity contribution in [2.24, 2.45) is 5.41 Å². The van der Waals surface area contributed by atoms with Gasteiger partial charge in [0, 0.05) is 28.1 Å². The Hall–Kier alpha value is -0.0157. The zero-order chi connectivity index (χ0) is 15.7. The Labute approximate surface area is 155 Å². The molecule has 22 heavy (non-hydrogen) atoms. The Morgan fingerprint density at radius 2 is 1.82 bits per heavy atom. The summed E-state index contributed by atoms with van der Waals surface area (Å²) in [7, 11) is 0. The van der Waals surface area contributed by atoms with Crippen molar-refractivity contribution in [2.45, 2.75) is 64.9 Å². The number of hydrogen-bond donors (Lipinski definition) is 0. The summed E-state index contributed by atoms with van der Waals surface area (Å²) in [5.41, 5.74) is 1.24. The number of thioether (sulfide) groups is 1. The second-order valence-electron chi connectivity index (χ2n) is 7.68. The van der Waals surface area contributed by atoms with Crippen molar-refractivity contribution in [2.75, 3.05) is 0 Å². The summed E-state index contributed by atoms with van der Waals surface area (Å²) in [5.74, 6) is 0. The topological polar surface area (TPSA) is 9.23 Å². The first kappa shape index (κ1) is 20.0. The normalized spacial score (nSPS) is 24.8. The van der Waals surface area contributed by atoms with Crippen LogP contribution in [0.25, 0.3) is 0 Å². The van der Waals surface area contributed by atoms with Crippen LogP contribution in [-0.2, 0) is 26.5 Å². The van der Waals surface area contributed by atoms with Crippen LogP contribution in [0.3, 0.4) is 0 Å². The van der Waals surface area contributed by atoms with Gasteiger partial charge in [-0.05, 0) is 31.8 Å². The first-order valence-electron chi connectivity index (χ1n) is 7.67. The van der Waals surface area contributed by atoms with Crippen LogP contribution >= 0.6 is 11.8 Å². The summed E-state index contributed by atoms with van der Waals surface area (Å²) in [6, 6.07) is 0. The molecule has 1 nitrogen and oxygen atoms in total. The molecule has 1 unspecified atom stereocenters. The van der Waals surface area contributed by atoms with E-state index in [0.717, 1.165) is 12.8 Å². The van der Waals surface area contributed by atoms with Gasteiger partial charge in [0.05, 0.1) is 5.60 Å². The van der Waals surface area contributed by atoms with Gasteiger partial charge in [-0.2, -0.15) is 11.0 Å². The fourth-order valence-electron chi connectivity index (χ4n) is 2.79. The molecule has 1 atom stereocenters. The maximum Gasteiger partial charge on any atom is 0.141 e. The maximum atomic E-state index is 6.62. The van der Waals surface area contributed by atoms with Crippen LogP contribution in [0.4, 0.5) is 0 Å². The smallest absolute Gasteiger partial charge is 0.141 e. The third-order valence-corrected chi connectivity index (χ3v) is 4.71. The van der Waals surface area contributed by atoms with Crippen molar-refractivity contribution in [3.63, 3.8) is 0 Å². The van der Waals surface area contributed by atoms with Gasteiger partial charge >= 0.3 is 0 Å². The Morgan fingerprint density at radius 1 is 1.14 bits per heavy atom. The van der Waals surface area contributed by atoms with Crippen LogP contribution in [0, 0.1) is 11.5 Å². The molecular formula is C19H27OSTi-. The molecule has 2 aliphatic rings. The van der Waals surface area contributed by atoms with Crippen LogP contribution < -0.4 is 0 Å². The summed E-state index contributed by atoms with van der Waals surface area (Å²) in [6.07, 6.45) is 16.2. The maximum absolute atomic E-state index is 6.62. The molecule has 2 aliphatic carbocycles. The van der Waals surface area contributed by atoms with Crippen LogP contribution in [0.1, 0.15) is 54.4 Å². The average Bonchev–Trinajstić information content (AvgIpc) is 2.78. The summed E-state index contributed by atoms with van der Waals surface area (Å²) in [6.45, 7) is 13.2. The summed E-state index contributed by atoms with van der Waals surface area (Å²) in [4.78, 5) is 0.868. The molecule has 0 saturated carbocycles. The first-order chi connectivity index (χ1) is 9.62.